The van der Waals surface area contributed by atoms with E-state index >= 15 is 0 Å². The molecule has 1 aromatic heterocycles. The van der Waals surface area contributed by atoms with Gasteiger partial charge < -0.3 is 10.0 Å². The molecule has 2 aromatic rings. The molecule has 1 amide bonds. The number of aryl methyl sites for hydroxylation is 2. The smallest absolute Gasteiger partial charge is 0.253 e. The molecule has 1 aliphatic carbocycles. The van der Waals surface area contributed by atoms with E-state index in [2.05, 4.69) is 16.9 Å². The van der Waals surface area contributed by atoms with Crippen LogP contribution in [-0.4, -0.2) is 46.1 Å². The molecule has 5 nitrogen and oxygen atoms in total. The van der Waals surface area contributed by atoms with Gasteiger partial charge >= 0.3 is 0 Å². The Morgan fingerprint density at radius 1 is 1.22 bits per heavy atom. The fourth-order valence-corrected chi connectivity index (χ4v) is 3.74. The number of benzene rings is 1. The molecule has 1 aliphatic rings. The fourth-order valence-electron chi connectivity index (χ4n) is 3.74. The molecule has 0 atom stereocenters. The zero-order valence-corrected chi connectivity index (χ0v) is 16.5. The van der Waals surface area contributed by atoms with Crippen LogP contribution < -0.4 is 0 Å². The SMILES string of the molecule is CCCc1nc(C)cc(-c2ccc(C(=O)N(C)CC3(CO)CCC3)cc2)n1. The topological polar surface area (TPSA) is 66.3 Å². The third kappa shape index (κ3) is 4.35. The van der Waals surface area contributed by atoms with E-state index in [1.807, 2.05) is 44.3 Å². The second kappa shape index (κ2) is 8.17. The molecule has 1 N–H and O–H groups in total. The van der Waals surface area contributed by atoms with Crippen molar-refractivity contribution < 1.29 is 9.90 Å². The Balaban J connectivity index is 1.74. The van der Waals surface area contributed by atoms with E-state index in [1.54, 1.807) is 4.90 Å². The van der Waals surface area contributed by atoms with Crippen molar-refractivity contribution in [3.63, 3.8) is 0 Å². The minimum atomic E-state index is -0.0987. The first-order valence-electron chi connectivity index (χ1n) is 9.78. The van der Waals surface area contributed by atoms with Gasteiger partial charge in [0.25, 0.3) is 5.91 Å². The monoisotopic (exact) mass is 367 g/mol. The van der Waals surface area contributed by atoms with Crippen LogP contribution in [0, 0.1) is 12.3 Å². The molecule has 0 bridgehead atoms. The normalized spacial score (nSPS) is 15.3. The third-order valence-electron chi connectivity index (χ3n) is 5.47. The molecule has 3 rings (SSSR count). The third-order valence-corrected chi connectivity index (χ3v) is 5.47. The van der Waals surface area contributed by atoms with Gasteiger partial charge in [-0.3, -0.25) is 4.79 Å². The molecular weight excluding hydrogens is 338 g/mol. The number of nitrogens with zero attached hydrogens (tertiary/aromatic N) is 3. The Hall–Kier alpha value is -2.27. The quantitative estimate of drug-likeness (QED) is 0.811. The van der Waals surface area contributed by atoms with Crippen LogP contribution in [0.25, 0.3) is 11.3 Å². The maximum Gasteiger partial charge on any atom is 0.253 e. The van der Waals surface area contributed by atoms with Crippen LogP contribution in [0.15, 0.2) is 30.3 Å². The van der Waals surface area contributed by atoms with Crippen LogP contribution in [-0.2, 0) is 6.42 Å². The van der Waals surface area contributed by atoms with Gasteiger partial charge in [0.1, 0.15) is 5.82 Å². The van der Waals surface area contributed by atoms with Crippen molar-refractivity contribution in [3.8, 4) is 11.3 Å². The number of rotatable bonds is 7. The van der Waals surface area contributed by atoms with Crippen molar-refractivity contribution in [2.24, 2.45) is 5.41 Å². The lowest BCUT2D eigenvalue weighted by Crippen LogP contribution is -2.45. The first kappa shape index (κ1) is 19.5. The van der Waals surface area contributed by atoms with E-state index in [1.165, 1.54) is 0 Å². The minimum absolute atomic E-state index is 0.00758. The number of carbonyl (C=O) groups is 1. The molecule has 0 aliphatic heterocycles. The van der Waals surface area contributed by atoms with Crippen molar-refractivity contribution >= 4 is 5.91 Å². The Morgan fingerprint density at radius 3 is 2.48 bits per heavy atom. The van der Waals surface area contributed by atoms with Crippen LogP contribution >= 0.6 is 0 Å². The summed E-state index contributed by atoms with van der Waals surface area (Å²) in [6.07, 6.45) is 5.00. The van der Waals surface area contributed by atoms with Gasteiger partial charge in [0.15, 0.2) is 0 Å². The first-order valence-corrected chi connectivity index (χ1v) is 9.78. The van der Waals surface area contributed by atoms with Crippen LogP contribution in [0.3, 0.4) is 0 Å². The number of aliphatic hydroxyl groups is 1. The van der Waals surface area contributed by atoms with E-state index in [4.69, 9.17) is 0 Å². The predicted octanol–water partition coefficient (Wildman–Crippen LogP) is 3.64. The molecule has 0 unspecified atom stereocenters. The summed E-state index contributed by atoms with van der Waals surface area (Å²) in [5.41, 5.74) is 3.40. The lowest BCUT2D eigenvalue weighted by Gasteiger charge is -2.42. The molecule has 144 valence electrons. The summed E-state index contributed by atoms with van der Waals surface area (Å²) in [5.74, 6) is 0.856. The highest BCUT2D eigenvalue weighted by Crippen LogP contribution is 2.41. The lowest BCUT2D eigenvalue weighted by molar-refractivity contribution is 0.0146. The lowest BCUT2D eigenvalue weighted by atomic mass is 9.69. The van der Waals surface area contributed by atoms with Gasteiger partial charge in [-0.25, -0.2) is 9.97 Å². The van der Waals surface area contributed by atoms with Gasteiger partial charge in [-0.05, 0) is 44.4 Å². The van der Waals surface area contributed by atoms with Gasteiger partial charge in [0.2, 0.25) is 0 Å². The number of hydrogen-bond donors (Lipinski definition) is 1. The number of carbonyl (C=O) groups excluding carboxylic acids is 1. The summed E-state index contributed by atoms with van der Waals surface area (Å²) in [6, 6.07) is 9.59. The minimum Gasteiger partial charge on any atom is -0.396 e. The maximum absolute atomic E-state index is 12.7. The van der Waals surface area contributed by atoms with Gasteiger partial charge in [0.05, 0.1) is 12.3 Å². The highest BCUT2D eigenvalue weighted by atomic mass is 16.3. The molecule has 0 radical (unpaired) electrons. The Labute approximate surface area is 161 Å². The van der Waals surface area contributed by atoms with E-state index in [0.29, 0.717) is 12.1 Å². The summed E-state index contributed by atoms with van der Waals surface area (Å²) in [7, 11) is 1.82. The molecule has 1 heterocycles. The highest BCUT2D eigenvalue weighted by Gasteiger charge is 2.38. The average molecular weight is 367 g/mol. The van der Waals surface area contributed by atoms with Crippen molar-refractivity contribution in [3.05, 3.63) is 47.4 Å². The van der Waals surface area contributed by atoms with E-state index in [0.717, 1.165) is 54.9 Å². The van der Waals surface area contributed by atoms with E-state index < -0.39 is 0 Å². The molecule has 1 aromatic carbocycles. The second-order valence-electron chi connectivity index (χ2n) is 7.81. The highest BCUT2D eigenvalue weighted by molar-refractivity contribution is 5.94. The van der Waals surface area contributed by atoms with Crippen molar-refractivity contribution in [2.75, 3.05) is 20.2 Å². The summed E-state index contributed by atoms with van der Waals surface area (Å²) >= 11 is 0. The summed E-state index contributed by atoms with van der Waals surface area (Å²) < 4.78 is 0. The second-order valence-corrected chi connectivity index (χ2v) is 7.81. The fraction of sp³-hybridized carbons (Fsp3) is 0.500. The summed E-state index contributed by atoms with van der Waals surface area (Å²) in [6.45, 7) is 4.85. The molecule has 5 heteroatoms. The molecule has 1 fully saturated rings. The number of aliphatic hydroxyl groups excluding tert-OH is 1. The Kier molecular flexibility index (Phi) is 5.90. The van der Waals surface area contributed by atoms with Gasteiger partial charge in [0, 0.05) is 42.2 Å². The zero-order valence-electron chi connectivity index (χ0n) is 16.5. The largest absolute Gasteiger partial charge is 0.396 e. The Bertz CT molecular complexity index is 792. The van der Waals surface area contributed by atoms with Crippen LogP contribution in [0.2, 0.25) is 0 Å². The average Bonchev–Trinajstić information content (AvgIpc) is 2.64. The van der Waals surface area contributed by atoms with Crippen molar-refractivity contribution in [1.29, 1.82) is 0 Å². The van der Waals surface area contributed by atoms with Crippen LogP contribution in [0.5, 0.6) is 0 Å². The van der Waals surface area contributed by atoms with Gasteiger partial charge in [-0.1, -0.05) is 25.5 Å². The van der Waals surface area contributed by atoms with Gasteiger partial charge in [-0.15, -0.1) is 0 Å². The molecule has 1 saturated carbocycles. The van der Waals surface area contributed by atoms with E-state index in [-0.39, 0.29) is 17.9 Å². The van der Waals surface area contributed by atoms with Crippen molar-refractivity contribution in [1.82, 2.24) is 14.9 Å². The number of amides is 1. The summed E-state index contributed by atoms with van der Waals surface area (Å²) in [4.78, 5) is 23.6. The number of hydrogen-bond acceptors (Lipinski definition) is 4. The summed E-state index contributed by atoms with van der Waals surface area (Å²) in [5, 5.41) is 9.63. The van der Waals surface area contributed by atoms with Crippen LogP contribution in [0.4, 0.5) is 0 Å². The van der Waals surface area contributed by atoms with Gasteiger partial charge in [-0.2, -0.15) is 0 Å². The molecular formula is C22H29N3O2. The molecule has 27 heavy (non-hydrogen) atoms. The van der Waals surface area contributed by atoms with Crippen molar-refractivity contribution in [2.45, 2.75) is 46.0 Å². The van der Waals surface area contributed by atoms with E-state index in [9.17, 15) is 9.90 Å². The zero-order chi connectivity index (χ0) is 19.4. The standard InChI is InChI=1S/C22H29N3O2/c1-4-6-20-23-16(2)13-19(24-20)17-7-9-18(10-8-17)21(27)25(3)14-22(15-26)11-5-12-22/h7-10,13,26H,4-6,11-12,14-15H2,1-3H3. The maximum atomic E-state index is 12.7. The first-order chi connectivity index (χ1) is 13.0. The predicted molar refractivity (Wildman–Crippen MR) is 107 cm³/mol. The van der Waals surface area contributed by atoms with Crippen LogP contribution in [0.1, 0.15) is 54.5 Å². The number of aromatic nitrogens is 2. The molecule has 0 spiro atoms. The molecule has 0 saturated heterocycles. The Morgan fingerprint density at radius 2 is 1.93 bits per heavy atom.